The van der Waals surface area contributed by atoms with E-state index in [0.29, 0.717) is 18.5 Å². The predicted molar refractivity (Wildman–Crippen MR) is 100 cm³/mol. The third-order valence-corrected chi connectivity index (χ3v) is 4.93. The van der Waals surface area contributed by atoms with Gasteiger partial charge >= 0.3 is 0 Å². The van der Waals surface area contributed by atoms with Crippen molar-refractivity contribution in [1.29, 1.82) is 0 Å². The summed E-state index contributed by atoms with van der Waals surface area (Å²) in [6.45, 7) is 11.3. The molecule has 1 saturated heterocycles. The van der Waals surface area contributed by atoms with Crippen LogP contribution in [0.5, 0.6) is 0 Å². The van der Waals surface area contributed by atoms with Crippen molar-refractivity contribution in [3.63, 3.8) is 0 Å². The Balaban J connectivity index is 2.13. The van der Waals surface area contributed by atoms with Crippen LogP contribution in [0.15, 0.2) is 23.7 Å². The largest absolute Gasteiger partial charge is 0.359 e. The fourth-order valence-corrected chi connectivity index (χ4v) is 3.20. The van der Waals surface area contributed by atoms with Crippen molar-refractivity contribution in [3.05, 3.63) is 18.7 Å². The molecule has 2 unspecified atom stereocenters. The minimum absolute atomic E-state index is 0.00987. The number of carbonyl (C=O) groups excluding carboxylic acids is 1. The van der Waals surface area contributed by atoms with Crippen molar-refractivity contribution in [2.24, 2.45) is 16.3 Å². The Morgan fingerprint density at radius 2 is 2.20 bits per heavy atom. The predicted octanol–water partition coefficient (Wildman–Crippen LogP) is 1.50. The molecule has 7 heteroatoms. The fraction of sp³-hybridized carbons (Fsp3) is 0.722. The summed E-state index contributed by atoms with van der Waals surface area (Å²) in [5, 5.41) is 6.10. The topological polar surface area (TPSA) is 74.6 Å². The van der Waals surface area contributed by atoms with Gasteiger partial charge < -0.3 is 20.1 Å². The van der Waals surface area contributed by atoms with Crippen LogP contribution in [0.1, 0.15) is 40.2 Å². The zero-order valence-electron chi connectivity index (χ0n) is 16.1. The summed E-state index contributed by atoms with van der Waals surface area (Å²) >= 11 is 0. The van der Waals surface area contributed by atoms with E-state index < -0.39 is 5.41 Å². The zero-order valence-corrected chi connectivity index (χ0v) is 16.1. The van der Waals surface area contributed by atoms with Gasteiger partial charge in [-0.3, -0.25) is 9.79 Å². The molecule has 0 radical (unpaired) electrons. The molecule has 7 nitrogen and oxygen atoms in total. The van der Waals surface area contributed by atoms with Gasteiger partial charge in [0.2, 0.25) is 5.91 Å². The maximum atomic E-state index is 12.0. The monoisotopic (exact) mass is 348 g/mol. The standard InChI is InChI=1S/C18H32N6O/c1-6-21-17(22-12-18(3,4)16(25)19-5)23-9-7-14(2)15(11-23)24-10-8-20-13-24/h8,10,13-15H,6-7,9,11-12H2,1-5H3,(H,19,25)(H,21,22). The number of nitrogens with one attached hydrogen (secondary N) is 2. The van der Waals surface area contributed by atoms with Crippen LogP contribution in [0, 0.1) is 11.3 Å². The van der Waals surface area contributed by atoms with Crippen molar-refractivity contribution in [2.75, 3.05) is 33.2 Å². The molecule has 0 spiro atoms. The van der Waals surface area contributed by atoms with Gasteiger partial charge in [0.25, 0.3) is 0 Å². The highest BCUT2D eigenvalue weighted by molar-refractivity contribution is 5.83. The van der Waals surface area contributed by atoms with Gasteiger partial charge in [0.15, 0.2) is 5.96 Å². The molecule has 0 aliphatic carbocycles. The van der Waals surface area contributed by atoms with E-state index in [1.807, 2.05) is 32.6 Å². The third-order valence-electron chi connectivity index (χ3n) is 4.93. The van der Waals surface area contributed by atoms with Gasteiger partial charge in [-0.2, -0.15) is 0 Å². The number of aliphatic imine (C=N–C) groups is 1. The lowest BCUT2D eigenvalue weighted by Gasteiger charge is -2.39. The van der Waals surface area contributed by atoms with Crippen LogP contribution >= 0.6 is 0 Å². The molecule has 0 bridgehead atoms. The second kappa shape index (κ2) is 8.36. The first-order valence-electron chi connectivity index (χ1n) is 9.12. The Morgan fingerprint density at radius 1 is 1.44 bits per heavy atom. The van der Waals surface area contributed by atoms with Gasteiger partial charge in [-0.25, -0.2) is 4.98 Å². The summed E-state index contributed by atoms with van der Waals surface area (Å²) in [5.41, 5.74) is -0.526. The molecule has 2 N–H and O–H groups in total. The maximum Gasteiger partial charge on any atom is 0.227 e. The van der Waals surface area contributed by atoms with Gasteiger partial charge in [-0.15, -0.1) is 0 Å². The first-order chi connectivity index (χ1) is 11.9. The number of nitrogens with zero attached hydrogens (tertiary/aromatic N) is 4. The van der Waals surface area contributed by atoms with E-state index in [9.17, 15) is 4.79 Å². The van der Waals surface area contributed by atoms with E-state index in [1.165, 1.54) is 0 Å². The normalized spacial score (nSPS) is 22.0. The van der Waals surface area contributed by atoms with Crippen molar-refractivity contribution >= 4 is 11.9 Å². The minimum atomic E-state index is -0.526. The number of aromatic nitrogens is 2. The second-order valence-electron chi connectivity index (χ2n) is 7.42. The molecule has 1 aromatic rings. The Labute approximate surface area is 150 Å². The first kappa shape index (κ1) is 19.3. The number of likely N-dealkylation sites (tertiary alicyclic amines) is 1. The molecule has 1 fully saturated rings. The van der Waals surface area contributed by atoms with E-state index in [4.69, 9.17) is 4.99 Å². The molecular weight excluding hydrogens is 316 g/mol. The highest BCUT2D eigenvalue weighted by Gasteiger charge is 2.30. The van der Waals surface area contributed by atoms with Gasteiger partial charge in [0, 0.05) is 39.1 Å². The number of guanidine groups is 1. The highest BCUT2D eigenvalue weighted by Crippen LogP contribution is 2.27. The summed E-state index contributed by atoms with van der Waals surface area (Å²) in [6, 6.07) is 0.382. The average molecular weight is 348 g/mol. The number of rotatable bonds is 5. The molecular formula is C18H32N6O. The number of amides is 1. The van der Waals surface area contributed by atoms with Crippen molar-refractivity contribution < 1.29 is 4.79 Å². The molecule has 2 rings (SSSR count). The van der Waals surface area contributed by atoms with Crippen LogP contribution in [-0.4, -0.2) is 59.5 Å². The van der Waals surface area contributed by atoms with Crippen LogP contribution in [0.3, 0.4) is 0 Å². The summed E-state index contributed by atoms with van der Waals surface area (Å²) in [5.74, 6) is 1.49. The van der Waals surface area contributed by atoms with E-state index in [0.717, 1.165) is 32.0 Å². The number of hydrogen-bond acceptors (Lipinski definition) is 3. The zero-order chi connectivity index (χ0) is 18.4. The molecule has 0 aromatic carbocycles. The molecule has 140 valence electrons. The molecule has 0 saturated carbocycles. The maximum absolute atomic E-state index is 12.0. The summed E-state index contributed by atoms with van der Waals surface area (Å²) < 4.78 is 2.19. The smallest absolute Gasteiger partial charge is 0.227 e. The van der Waals surface area contributed by atoms with Gasteiger partial charge in [-0.05, 0) is 33.1 Å². The van der Waals surface area contributed by atoms with Crippen LogP contribution in [-0.2, 0) is 4.79 Å². The molecule has 2 heterocycles. The lowest BCUT2D eigenvalue weighted by Crippen LogP contribution is -2.49. The SMILES string of the molecule is CCNC(=NCC(C)(C)C(=O)NC)N1CCC(C)C(n2ccnc2)C1. The first-order valence-corrected chi connectivity index (χ1v) is 9.12. The van der Waals surface area contributed by atoms with Gasteiger partial charge in [-0.1, -0.05) is 6.92 Å². The van der Waals surface area contributed by atoms with Crippen molar-refractivity contribution in [2.45, 2.75) is 40.2 Å². The quantitative estimate of drug-likeness (QED) is 0.625. The van der Waals surface area contributed by atoms with Gasteiger partial charge in [0.05, 0.1) is 24.3 Å². The van der Waals surface area contributed by atoms with Crippen molar-refractivity contribution in [3.8, 4) is 0 Å². The Bertz CT molecular complexity index is 580. The molecule has 1 aliphatic rings. The lowest BCUT2D eigenvalue weighted by atomic mass is 9.92. The molecule has 1 amide bonds. The molecule has 2 atom stereocenters. The molecule has 25 heavy (non-hydrogen) atoms. The van der Waals surface area contributed by atoms with Crippen LogP contribution < -0.4 is 10.6 Å². The summed E-state index contributed by atoms with van der Waals surface area (Å²) in [4.78, 5) is 23.3. The Morgan fingerprint density at radius 3 is 2.80 bits per heavy atom. The van der Waals surface area contributed by atoms with Crippen LogP contribution in [0.2, 0.25) is 0 Å². The molecule has 1 aliphatic heterocycles. The summed E-state index contributed by atoms with van der Waals surface area (Å²) in [7, 11) is 1.67. The Hall–Kier alpha value is -2.05. The minimum Gasteiger partial charge on any atom is -0.359 e. The van der Waals surface area contributed by atoms with E-state index in [2.05, 4.69) is 38.9 Å². The van der Waals surface area contributed by atoms with E-state index in [1.54, 1.807) is 7.05 Å². The second-order valence-corrected chi connectivity index (χ2v) is 7.42. The highest BCUT2D eigenvalue weighted by atomic mass is 16.2. The number of imidazole rings is 1. The van der Waals surface area contributed by atoms with Crippen LogP contribution in [0.4, 0.5) is 0 Å². The molecule has 1 aromatic heterocycles. The summed E-state index contributed by atoms with van der Waals surface area (Å²) in [6.07, 6.45) is 6.86. The average Bonchev–Trinajstić information content (AvgIpc) is 3.12. The number of hydrogen-bond donors (Lipinski definition) is 2. The van der Waals surface area contributed by atoms with E-state index >= 15 is 0 Å². The number of piperidine rings is 1. The van der Waals surface area contributed by atoms with Crippen LogP contribution in [0.25, 0.3) is 0 Å². The van der Waals surface area contributed by atoms with Gasteiger partial charge in [0.1, 0.15) is 0 Å². The Kier molecular flexibility index (Phi) is 6.45. The fourth-order valence-electron chi connectivity index (χ4n) is 3.20. The van der Waals surface area contributed by atoms with Crippen molar-refractivity contribution in [1.82, 2.24) is 25.1 Å². The lowest BCUT2D eigenvalue weighted by molar-refractivity contribution is -0.128. The number of carbonyl (C=O) groups is 1. The van der Waals surface area contributed by atoms with E-state index in [-0.39, 0.29) is 5.91 Å². The third kappa shape index (κ3) is 4.74.